The molecule has 1 saturated heterocycles. The van der Waals surface area contributed by atoms with Crippen LogP contribution in [0.5, 0.6) is 0 Å². The molecule has 1 aromatic rings. The monoisotopic (exact) mass is 328 g/mol. The van der Waals surface area contributed by atoms with Gasteiger partial charge in [-0.1, -0.05) is 26.8 Å². The lowest BCUT2D eigenvalue weighted by atomic mass is 9.46. The molecule has 3 aliphatic rings. The molecule has 24 heavy (non-hydrogen) atoms. The highest BCUT2D eigenvalue weighted by atomic mass is 16.6. The molecule has 0 spiro atoms. The number of carbonyl (C=O) groups excluding carboxylic acids is 2. The molecule has 0 N–H and O–H groups in total. The van der Waals surface area contributed by atoms with Gasteiger partial charge in [-0.05, 0) is 42.6 Å². The lowest BCUT2D eigenvalue weighted by molar-refractivity contribution is -0.147. The van der Waals surface area contributed by atoms with E-state index in [9.17, 15) is 9.59 Å². The van der Waals surface area contributed by atoms with Crippen LogP contribution < -0.4 is 0 Å². The number of allylic oxidation sites excluding steroid dienone is 1. The molecular formula is C20H24O4. The van der Waals surface area contributed by atoms with E-state index in [1.54, 1.807) is 12.3 Å². The molecule has 4 heteroatoms. The van der Waals surface area contributed by atoms with Crippen molar-refractivity contribution in [1.29, 1.82) is 0 Å². The van der Waals surface area contributed by atoms with Crippen LogP contribution in [0.2, 0.25) is 0 Å². The van der Waals surface area contributed by atoms with Crippen LogP contribution in [0.1, 0.15) is 56.8 Å². The van der Waals surface area contributed by atoms with Crippen LogP contribution in [0.3, 0.4) is 0 Å². The van der Waals surface area contributed by atoms with E-state index in [-0.39, 0.29) is 34.6 Å². The topological polar surface area (TPSA) is 56.5 Å². The number of esters is 1. The molecule has 0 aromatic carbocycles. The molecule has 128 valence electrons. The summed E-state index contributed by atoms with van der Waals surface area (Å²) < 4.78 is 10.8. The number of rotatable bonds is 3. The van der Waals surface area contributed by atoms with Crippen molar-refractivity contribution in [2.45, 2.75) is 52.6 Å². The standard InChI is InChI=1S/C20H24O4/c1-12-9-17-20(3)14(18(22)24-17)5-4-6-16(20)19(12,2)10-15(21)13-7-8-23-11-13/h5,7-8,11-12,16-17H,4,6,9-10H2,1-3H3/t12-,16-,17?,19-,20-/m1/s1. The Kier molecular flexibility index (Phi) is 3.32. The third-order valence-electron chi connectivity index (χ3n) is 7.12. The summed E-state index contributed by atoms with van der Waals surface area (Å²) in [7, 11) is 0. The fourth-order valence-corrected chi connectivity index (χ4v) is 5.53. The largest absolute Gasteiger partial charge is 0.472 e. The number of hydrogen-bond donors (Lipinski definition) is 0. The maximum atomic E-state index is 12.8. The van der Waals surface area contributed by atoms with Gasteiger partial charge in [0.1, 0.15) is 12.4 Å². The van der Waals surface area contributed by atoms with Crippen LogP contribution in [0.25, 0.3) is 0 Å². The van der Waals surface area contributed by atoms with Crippen molar-refractivity contribution in [3.63, 3.8) is 0 Å². The first kappa shape index (κ1) is 15.7. The second-order valence-corrected chi connectivity index (χ2v) is 8.18. The summed E-state index contributed by atoms with van der Waals surface area (Å²) in [5, 5.41) is 0. The highest BCUT2D eigenvalue weighted by Gasteiger charge is 2.64. The summed E-state index contributed by atoms with van der Waals surface area (Å²) in [6.45, 7) is 6.60. The quantitative estimate of drug-likeness (QED) is 0.617. The number of ketones is 1. The van der Waals surface area contributed by atoms with Crippen molar-refractivity contribution in [2.24, 2.45) is 22.7 Å². The molecule has 1 saturated carbocycles. The summed E-state index contributed by atoms with van der Waals surface area (Å²) >= 11 is 0. The Morgan fingerprint density at radius 3 is 2.88 bits per heavy atom. The van der Waals surface area contributed by atoms with Crippen molar-refractivity contribution in [2.75, 3.05) is 0 Å². The average molecular weight is 328 g/mol. The van der Waals surface area contributed by atoms with E-state index in [0.29, 0.717) is 17.9 Å². The smallest absolute Gasteiger partial charge is 0.334 e. The highest BCUT2D eigenvalue weighted by Crippen LogP contribution is 2.64. The molecule has 0 radical (unpaired) electrons. The van der Waals surface area contributed by atoms with Crippen LogP contribution in [-0.2, 0) is 9.53 Å². The summed E-state index contributed by atoms with van der Waals surface area (Å²) in [5.41, 5.74) is 1.08. The molecule has 2 aliphatic carbocycles. The lowest BCUT2D eigenvalue weighted by Crippen LogP contribution is -2.55. The zero-order valence-corrected chi connectivity index (χ0v) is 14.5. The molecule has 4 nitrogen and oxygen atoms in total. The molecule has 5 atom stereocenters. The number of Topliss-reactive ketones (excluding diaryl/α,β-unsaturated/α-hetero) is 1. The van der Waals surface area contributed by atoms with E-state index in [1.807, 2.05) is 0 Å². The highest BCUT2D eigenvalue weighted by molar-refractivity contribution is 5.96. The van der Waals surface area contributed by atoms with Gasteiger partial charge in [-0.15, -0.1) is 0 Å². The maximum Gasteiger partial charge on any atom is 0.334 e. The van der Waals surface area contributed by atoms with Gasteiger partial charge in [0.2, 0.25) is 0 Å². The van der Waals surface area contributed by atoms with Crippen molar-refractivity contribution in [3.8, 4) is 0 Å². The molecule has 0 amide bonds. The third kappa shape index (κ3) is 1.92. The Morgan fingerprint density at radius 1 is 1.38 bits per heavy atom. The van der Waals surface area contributed by atoms with Gasteiger partial charge in [0.25, 0.3) is 0 Å². The Morgan fingerprint density at radius 2 is 2.17 bits per heavy atom. The number of furan rings is 1. The van der Waals surface area contributed by atoms with E-state index >= 15 is 0 Å². The molecule has 2 fully saturated rings. The molecule has 2 heterocycles. The fourth-order valence-electron chi connectivity index (χ4n) is 5.53. The van der Waals surface area contributed by atoms with Gasteiger partial charge >= 0.3 is 5.97 Å². The van der Waals surface area contributed by atoms with E-state index in [4.69, 9.17) is 9.15 Å². The zero-order valence-electron chi connectivity index (χ0n) is 14.5. The molecular weight excluding hydrogens is 304 g/mol. The van der Waals surface area contributed by atoms with Gasteiger partial charge in [0, 0.05) is 17.4 Å². The lowest BCUT2D eigenvalue weighted by Gasteiger charge is -2.56. The van der Waals surface area contributed by atoms with E-state index in [1.165, 1.54) is 6.26 Å². The summed E-state index contributed by atoms with van der Waals surface area (Å²) in [4.78, 5) is 25.1. The Bertz CT molecular complexity index is 716. The number of carbonyl (C=O) groups is 2. The van der Waals surface area contributed by atoms with Gasteiger partial charge in [-0.25, -0.2) is 4.79 Å². The van der Waals surface area contributed by atoms with Gasteiger partial charge in [-0.3, -0.25) is 4.79 Å². The van der Waals surface area contributed by atoms with Crippen LogP contribution in [-0.4, -0.2) is 17.9 Å². The van der Waals surface area contributed by atoms with Crippen LogP contribution in [0.15, 0.2) is 34.7 Å². The first-order valence-electron chi connectivity index (χ1n) is 8.84. The average Bonchev–Trinajstić information content (AvgIpc) is 3.14. The maximum absolute atomic E-state index is 12.8. The SMILES string of the molecule is C[C@@H]1CC2OC(=O)C3=CCC[C@H]([C@]1(C)CC(=O)c1ccoc1)[C@@]32C. The van der Waals surface area contributed by atoms with Crippen molar-refractivity contribution in [3.05, 3.63) is 35.8 Å². The Balaban J connectivity index is 1.72. The summed E-state index contributed by atoms with van der Waals surface area (Å²) in [6.07, 6.45) is 8.29. The minimum Gasteiger partial charge on any atom is -0.472 e. The molecule has 0 bridgehead atoms. The van der Waals surface area contributed by atoms with Crippen molar-refractivity contribution >= 4 is 11.8 Å². The normalized spacial score (nSPS) is 40.7. The van der Waals surface area contributed by atoms with E-state index in [2.05, 4.69) is 26.8 Å². The number of hydrogen-bond acceptors (Lipinski definition) is 4. The first-order chi connectivity index (χ1) is 11.4. The van der Waals surface area contributed by atoms with Crippen molar-refractivity contribution < 1.29 is 18.7 Å². The second-order valence-electron chi connectivity index (χ2n) is 8.18. The van der Waals surface area contributed by atoms with Gasteiger partial charge < -0.3 is 9.15 Å². The van der Waals surface area contributed by atoms with Gasteiger partial charge in [0.15, 0.2) is 5.78 Å². The Labute approximate surface area is 142 Å². The third-order valence-corrected chi connectivity index (χ3v) is 7.12. The van der Waals surface area contributed by atoms with Crippen LogP contribution in [0.4, 0.5) is 0 Å². The molecule has 1 unspecified atom stereocenters. The Hall–Kier alpha value is -1.84. The van der Waals surface area contributed by atoms with E-state index in [0.717, 1.165) is 24.8 Å². The van der Waals surface area contributed by atoms with E-state index < -0.39 is 0 Å². The predicted molar refractivity (Wildman–Crippen MR) is 88.3 cm³/mol. The minimum absolute atomic E-state index is 0.0475. The molecule has 4 rings (SSSR count). The fraction of sp³-hybridized carbons (Fsp3) is 0.600. The summed E-state index contributed by atoms with van der Waals surface area (Å²) in [5.74, 6) is 0.578. The minimum atomic E-state index is -0.257. The number of ether oxygens (including phenoxy) is 1. The first-order valence-corrected chi connectivity index (χ1v) is 8.84. The van der Waals surface area contributed by atoms with Crippen LogP contribution >= 0.6 is 0 Å². The molecule has 1 aliphatic heterocycles. The second kappa shape index (κ2) is 5.08. The van der Waals surface area contributed by atoms with Crippen LogP contribution in [0, 0.1) is 22.7 Å². The summed E-state index contributed by atoms with van der Waals surface area (Å²) in [6, 6.07) is 1.73. The van der Waals surface area contributed by atoms with Gasteiger partial charge in [-0.2, -0.15) is 0 Å². The molecule has 1 aromatic heterocycles. The predicted octanol–water partition coefficient (Wildman–Crippen LogP) is 4.17. The van der Waals surface area contributed by atoms with Gasteiger partial charge in [0.05, 0.1) is 11.8 Å². The zero-order chi connectivity index (χ0) is 17.1. The van der Waals surface area contributed by atoms with Crippen molar-refractivity contribution in [1.82, 2.24) is 0 Å².